The number of amides is 1. The highest BCUT2D eigenvalue weighted by molar-refractivity contribution is 5.81. The number of pyridine rings is 1. The summed E-state index contributed by atoms with van der Waals surface area (Å²) in [7, 11) is 1.39. The molecule has 11 heteroatoms. The molecule has 0 bridgehead atoms. The number of imidazole rings is 1. The Morgan fingerprint density at radius 3 is 2.54 bits per heavy atom. The smallest absolute Gasteiger partial charge is 0.416 e. The van der Waals surface area contributed by atoms with Gasteiger partial charge in [0.05, 0.1) is 30.8 Å². The number of hydrogen-bond acceptors (Lipinski definition) is 5. The molecule has 1 aliphatic heterocycles. The van der Waals surface area contributed by atoms with E-state index in [9.17, 15) is 22.8 Å². The van der Waals surface area contributed by atoms with Crippen LogP contribution >= 0.6 is 0 Å². The van der Waals surface area contributed by atoms with Gasteiger partial charge in [-0.05, 0) is 44.9 Å². The van der Waals surface area contributed by atoms with Gasteiger partial charge in [-0.15, -0.1) is 0 Å². The minimum atomic E-state index is -4.57. The predicted molar refractivity (Wildman–Crippen MR) is 123 cm³/mol. The van der Waals surface area contributed by atoms with Crippen LogP contribution < -0.4 is 10.4 Å². The van der Waals surface area contributed by atoms with Crippen molar-refractivity contribution in [2.75, 3.05) is 20.2 Å². The minimum Gasteiger partial charge on any atom is -0.479 e. The molecule has 1 aliphatic rings. The third kappa shape index (κ3) is 4.85. The molecule has 4 rings (SSSR count). The minimum absolute atomic E-state index is 0.0474. The maximum Gasteiger partial charge on any atom is 0.416 e. The maximum atomic E-state index is 13.6. The van der Waals surface area contributed by atoms with Gasteiger partial charge in [0, 0.05) is 19.3 Å². The van der Waals surface area contributed by atoms with Crippen LogP contribution in [0.25, 0.3) is 11.0 Å². The quantitative estimate of drug-likeness (QED) is 0.538. The molecule has 3 aromatic rings. The molecule has 1 fully saturated rings. The second kappa shape index (κ2) is 8.94. The highest BCUT2D eigenvalue weighted by atomic mass is 19.4. The van der Waals surface area contributed by atoms with Crippen LogP contribution in [0.15, 0.2) is 41.3 Å². The Morgan fingerprint density at radius 2 is 1.89 bits per heavy atom. The number of aromatic nitrogens is 3. The van der Waals surface area contributed by atoms with Crippen molar-refractivity contribution in [2.24, 2.45) is 0 Å². The normalized spacial score (nSPS) is 16.7. The first-order chi connectivity index (χ1) is 16.4. The van der Waals surface area contributed by atoms with Gasteiger partial charge < -0.3 is 14.4 Å². The molecule has 188 valence electrons. The van der Waals surface area contributed by atoms with E-state index in [0.717, 1.165) is 6.07 Å². The fourth-order valence-electron chi connectivity index (χ4n) is 4.40. The number of nitrogens with zero attached hydrogens (tertiary/aromatic N) is 4. The van der Waals surface area contributed by atoms with E-state index >= 15 is 0 Å². The van der Waals surface area contributed by atoms with Gasteiger partial charge in [-0.1, -0.05) is 18.2 Å². The van der Waals surface area contributed by atoms with Gasteiger partial charge in [0.25, 0.3) is 0 Å². The first kappa shape index (κ1) is 24.6. The molecule has 0 spiro atoms. The standard InChI is InChI=1S/C24H27F3N4O4/c1-23(2,3)35-22(33)29-12-10-16(14-29)31-18-9-11-28-20(34-4)19(18)30(21(31)32)13-15-7-5-6-8-17(15)24(25,26)27/h5-9,11,16H,10,12-14H2,1-4H3/t16-/m1/s1. The van der Waals surface area contributed by atoms with Crippen LogP contribution in [-0.4, -0.2) is 50.9 Å². The summed E-state index contributed by atoms with van der Waals surface area (Å²) < 4.78 is 54.4. The monoisotopic (exact) mass is 492 g/mol. The predicted octanol–water partition coefficient (Wildman–Crippen LogP) is 4.46. The maximum absolute atomic E-state index is 13.6. The molecule has 0 unspecified atom stereocenters. The highest BCUT2D eigenvalue weighted by Crippen LogP contribution is 2.34. The lowest BCUT2D eigenvalue weighted by atomic mass is 10.1. The Morgan fingerprint density at radius 1 is 1.17 bits per heavy atom. The average Bonchev–Trinajstić information content (AvgIpc) is 3.35. The summed E-state index contributed by atoms with van der Waals surface area (Å²) in [5.41, 5.74) is -1.25. The second-order valence-corrected chi connectivity index (χ2v) is 9.45. The van der Waals surface area contributed by atoms with E-state index < -0.39 is 29.1 Å². The van der Waals surface area contributed by atoms with Crippen molar-refractivity contribution in [1.82, 2.24) is 19.0 Å². The zero-order valence-electron chi connectivity index (χ0n) is 19.9. The number of rotatable bonds is 4. The first-order valence-electron chi connectivity index (χ1n) is 11.2. The van der Waals surface area contributed by atoms with E-state index in [1.807, 2.05) is 0 Å². The molecule has 2 aromatic heterocycles. The number of ether oxygens (including phenoxy) is 2. The molecule has 3 heterocycles. The van der Waals surface area contributed by atoms with Crippen LogP contribution in [0.5, 0.6) is 5.88 Å². The molecule has 0 radical (unpaired) electrons. The van der Waals surface area contributed by atoms with E-state index in [-0.39, 0.29) is 30.6 Å². The Bertz CT molecular complexity index is 1310. The summed E-state index contributed by atoms with van der Waals surface area (Å²) in [5.74, 6) is 0.129. The number of likely N-dealkylation sites (tertiary alicyclic amines) is 1. The third-order valence-electron chi connectivity index (χ3n) is 5.86. The van der Waals surface area contributed by atoms with Crippen molar-refractivity contribution in [3.8, 4) is 5.88 Å². The van der Waals surface area contributed by atoms with Crippen molar-refractivity contribution < 1.29 is 27.4 Å². The van der Waals surface area contributed by atoms with Crippen LogP contribution in [0.3, 0.4) is 0 Å². The Balaban J connectivity index is 1.78. The van der Waals surface area contributed by atoms with Gasteiger partial charge in [-0.3, -0.25) is 9.13 Å². The number of benzene rings is 1. The molecule has 1 atom stereocenters. The number of alkyl halides is 3. The van der Waals surface area contributed by atoms with Crippen LogP contribution in [0.1, 0.15) is 44.4 Å². The lowest BCUT2D eigenvalue weighted by Gasteiger charge is -2.24. The van der Waals surface area contributed by atoms with Gasteiger partial charge >= 0.3 is 18.0 Å². The second-order valence-electron chi connectivity index (χ2n) is 9.45. The van der Waals surface area contributed by atoms with E-state index in [4.69, 9.17) is 9.47 Å². The van der Waals surface area contributed by atoms with Gasteiger partial charge in [-0.2, -0.15) is 13.2 Å². The number of hydrogen-bond donors (Lipinski definition) is 0. The molecule has 1 saturated heterocycles. The molecule has 8 nitrogen and oxygen atoms in total. The van der Waals surface area contributed by atoms with Crippen LogP contribution in [0.2, 0.25) is 0 Å². The van der Waals surface area contributed by atoms with Crippen LogP contribution in [0, 0.1) is 0 Å². The first-order valence-corrected chi connectivity index (χ1v) is 11.2. The number of carbonyl (C=O) groups excluding carboxylic acids is 1. The fourth-order valence-corrected chi connectivity index (χ4v) is 4.40. The summed E-state index contributed by atoms with van der Waals surface area (Å²) in [5, 5.41) is 0. The Labute approximate surface area is 199 Å². The van der Waals surface area contributed by atoms with Crippen molar-refractivity contribution in [2.45, 2.75) is 51.6 Å². The summed E-state index contributed by atoms with van der Waals surface area (Å²) in [6.45, 7) is 5.62. The largest absolute Gasteiger partial charge is 0.479 e. The summed E-state index contributed by atoms with van der Waals surface area (Å²) >= 11 is 0. The SMILES string of the molecule is COc1nccc2c1n(Cc1ccccc1C(F)(F)F)c(=O)n2[C@@H]1CCN(C(=O)OC(C)(C)C)C1. The third-order valence-corrected chi connectivity index (χ3v) is 5.86. The van der Waals surface area contributed by atoms with E-state index in [1.165, 1.54) is 45.5 Å². The Hall–Kier alpha value is -3.50. The highest BCUT2D eigenvalue weighted by Gasteiger charge is 2.35. The number of fused-ring (bicyclic) bond motifs is 1. The molecule has 0 saturated carbocycles. The number of halogens is 3. The summed E-state index contributed by atoms with van der Waals surface area (Å²) in [6.07, 6.45) is -3.08. The number of methoxy groups -OCH3 is 1. The lowest BCUT2D eigenvalue weighted by Crippen LogP contribution is -2.36. The van der Waals surface area contributed by atoms with Crippen molar-refractivity contribution in [1.29, 1.82) is 0 Å². The van der Waals surface area contributed by atoms with E-state index in [1.54, 1.807) is 26.8 Å². The zero-order chi connectivity index (χ0) is 25.5. The molecular formula is C24H27F3N4O4. The molecule has 0 N–H and O–H groups in total. The summed E-state index contributed by atoms with van der Waals surface area (Å²) in [4.78, 5) is 31.9. The number of carbonyl (C=O) groups is 1. The van der Waals surface area contributed by atoms with Crippen molar-refractivity contribution in [3.05, 3.63) is 58.1 Å². The topological polar surface area (TPSA) is 78.6 Å². The van der Waals surface area contributed by atoms with E-state index in [2.05, 4.69) is 4.98 Å². The molecular weight excluding hydrogens is 465 g/mol. The molecule has 0 aliphatic carbocycles. The average molecular weight is 492 g/mol. The van der Waals surface area contributed by atoms with Gasteiger partial charge in [0.2, 0.25) is 5.88 Å². The molecule has 1 amide bonds. The van der Waals surface area contributed by atoms with Gasteiger partial charge in [-0.25, -0.2) is 14.6 Å². The molecule has 35 heavy (non-hydrogen) atoms. The van der Waals surface area contributed by atoms with Crippen molar-refractivity contribution >= 4 is 17.1 Å². The van der Waals surface area contributed by atoms with Crippen LogP contribution in [-0.2, 0) is 17.5 Å². The zero-order valence-corrected chi connectivity index (χ0v) is 19.9. The van der Waals surface area contributed by atoms with E-state index in [0.29, 0.717) is 24.0 Å². The van der Waals surface area contributed by atoms with Crippen molar-refractivity contribution in [3.63, 3.8) is 0 Å². The molecule has 1 aromatic carbocycles. The van der Waals surface area contributed by atoms with Crippen LogP contribution in [0.4, 0.5) is 18.0 Å². The van der Waals surface area contributed by atoms with Gasteiger partial charge in [0.1, 0.15) is 11.1 Å². The Kier molecular flexibility index (Phi) is 6.29. The van der Waals surface area contributed by atoms with Gasteiger partial charge in [0.15, 0.2) is 0 Å². The lowest BCUT2D eigenvalue weighted by molar-refractivity contribution is -0.138. The summed E-state index contributed by atoms with van der Waals surface area (Å²) in [6, 6.07) is 6.39. The fraction of sp³-hybridized carbons (Fsp3) is 0.458.